The number of likely N-dealkylation sites (tertiary alicyclic amines) is 2. The quantitative estimate of drug-likeness (QED) is 0.212. The highest BCUT2D eigenvalue weighted by Gasteiger charge is 2.56. The molecule has 2 N–H and O–H groups in total. The molecule has 2 aliphatic heterocycles. The van der Waals surface area contributed by atoms with Crippen molar-refractivity contribution in [2.45, 2.75) is 95.1 Å². The first kappa shape index (κ1) is 38.6. The first-order valence-electron chi connectivity index (χ1n) is 18.3. The Bertz CT molecular complexity index is 1790. The van der Waals surface area contributed by atoms with Crippen LogP contribution in [0.15, 0.2) is 54.0 Å². The van der Waals surface area contributed by atoms with Crippen molar-refractivity contribution in [3.63, 3.8) is 0 Å². The van der Waals surface area contributed by atoms with Crippen LogP contribution < -0.4 is 9.47 Å². The molecule has 0 spiro atoms. The number of pyridine rings is 1. The number of nitrogens with zero attached hydrogens (tertiary/aromatic N) is 3. The number of ether oxygens (including phenoxy) is 2. The van der Waals surface area contributed by atoms with Crippen molar-refractivity contribution in [1.82, 2.24) is 14.8 Å². The molecule has 4 heterocycles. The number of thiophene rings is 1. The number of hydrogen-bond donors (Lipinski definition) is 2. The number of carbonyl (C=O) groups is 3. The topological polar surface area (TPSA) is 130 Å². The van der Waals surface area contributed by atoms with Gasteiger partial charge in [0.15, 0.2) is 0 Å². The van der Waals surface area contributed by atoms with E-state index in [9.17, 15) is 37.8 Å². The molecule has 2 amide bonds. The van der Waals surface area contributed by atoms with E-state index >= 15 is 0 Å². The van der Waals surface area contributed by atoms with Gasteiger partial charge in [0.1, 0.15) is 17.2 Å². The number of benzene rings is 1. The second-order valence-corrected chi connectivity index (χ2v) is 15.6. The molecule has 3 aliphatic rings. The van der Waals surface area contributed by atoms with Gasteiger partial charge in [0.2, 0.25) is 5.60 Å². The summed E-state index contributed by atoms with van der Waals surface area (Å²) < 4.78 is 55.0. The van der Waals surface area contributed by atoms with Gasteiger partial charge in [-0.25, -0.2) is 0 Å². The molecule has 53 heavy (non-hydrogen) atoms. The number of amides is 2. The number of aryl methyl sites for hydroxylation is 1. The molecular weight excluding hydrogens is 712 g/mol. The van der Waals surface area contributed by atoms with Crippen LogP contribution in [0.5, 0.6) is 11.5 Å². The number of alkyl halides is 3. The number of rotatable bonds is 11. The summed E-state index contributed by atoms with van der Waals surface area (Å²) in [5, 5.41) is 23.2. The summed E-state index contributed by atoms with van der Waals surface area (Å²) in [7, 11) is 0. The van der Waals surface area contributed by atoms with Crippen LogP contribution >= 0.6 is 11.3 Å². The summed E-state index contributed by atoms with van der Waals surface area (Å²) in [5.74, 6) is -1.40. The molecule has 10 nitrogen and oxygen atoms in total. The number of carboxylic acids is 1. The number of carboxylic acid groups (broad SMARTS) is 1. The van der Waals surface area contributed by atoms with Crippen LogP contribution in [0.25, 0.3) is 0 Å². The third-order valence-corrected chi connectivity index (χ3v) is 11.8. The smallest absolute Gasteiger partial charge is 0.418 e. The first-order valence-corrected chi connectivity index (χ1v) is 19.2. The lowest BCUT2D eigenvalue weighted by molar-refractivity contribution is -0.163. The van der Waals surface area contributed by atoms with E-state index in [2.05, 4.69) is 4.98 Å². The van der Waals surface area contributed by atoms with Crippen LogP contribution in [-0.2, 0) is 21.4 Å². The van der Waals surface area contributed by atoms with Gasteiger partial charge in [-0.2, -0.15) is 13.2 Å². The minimum absolute atomic E-state index is 0.0946. The van der Waals surface area contributed by atoms with Gasteiger partial charge in [0.05, 0.1) is 29.7 Å². The molecular formula is C39H46F3N3O7S. The standard InChI is InChI=1S/C39H46F3N3O7S/c1-3-8-32-38(52-28-21-25(2)53-24-28,14-7-18-45(32)34(46)33-30(39(40,41)42)10-6-17-43-33)36(49)44-19-15-37(50,16-20-44)29-9-4-5-11-31(29)51-23-26-12-13-27(22-26)35(47)48/h4-6,9-11,17,21,24,26-27,32,50H,3,7-8,12-16,18-20,22-23H2,1-2H3,(H,47,48)/t26-,27+,32+,38-/m0/s1. The van der Waals surface area contributed by atoms with Crippen molar-refractivity contribution in [3.05, 3.63) is 75.7 Å². The van der Waals surface area contributed by atoms with Crippen LogP contribution in [0.3, 0.4) is 0 Å². The van der Waals surface area contributed by atoms with Crippen LogP contribution in [-0.4, -0.2) is 80.7 Å². The maximum atomic E-state index is 15.0. The molecule has 14 heteroatoms. The molecule has 3 fully saturated rings. The molecule has 0 unspecified atom stereocenters. The van der Waals surface area contributed by atoms with Gasteiger partial charge in [-0.15, -0.1) is 11.3 Å². The molecule has 6 rings (SSSR count). The predicted octanol–water partition coefficient (Wildman–Crippen LogP) is 7.08. The van der Waals surface area contributed by atoms with Crippen molar-refractivity contribution in [3.8, 4) is 11.5 Å². The average Bonchev–Trinajstić information content (AvgIpc) is 3.80. The fourth-order valence-electron chi connectivity index (χ4n) is 8.28. The van der Waals surface area contributed by atoms with Gasteiger partial charge in [-0.3, -0.25) is 19.4 Å². The van der Waals surface area contributed by atoms with E-state index in [4.69, 9.17) is 9.47 Å². The second kappa shape index (κ2) is 15.7. The fourth-order valence-corrected chi connectivity index (χ4v) is 8.88. The lowest BCUT2D eigenvalue weighted by Crippen LogP contribution is -2.68. The van der Waals surface area contributed by atoms with E-state index in [0.717, 1.165) is 29.6 Å². The van der Waals surface area contributed by atoms with Gasteiger partial charge < -0.3 is 29.5 Å². The monoisotopic (exact) mass is 757 g/mol. The zero-order valence-electron chi connectivity index (χ0n) is 29.9. The fraction of sp³-hybridized carbons (Fsp3) is 0.538. The Kier molecular flexibility index (Phi) is 11.4. The second-order valence-electron chi connectivity index (χ2n) is 14.5. The third-order valence-electron chi connectivity index (χ3n) is 11.0. The minimum Gasteiger partial charge on any atom is -0.493 e. The number of aromatic nitrogens is 1. The summed E-state index contributed by atoms with van der Waals surface area (Å²) in [6.45, 7) is 4.57. The number of piperidine rings is 2. The zero-order chi connectivity index (χ0) is 38.0. The van der Waals surface area contributed by atoms with Crippen molar-refractivity contribution in [1.29, 1.82) is 0 Å². The average molecular weight is 758 g/mol. The van der Waals surface area contributed by atoms with Crippen LogP contribution in [0, 0.1) is 18.8 Å². The highest BCUT2D eigenvalue weighted by Crippen LogP contribution is 2.43. The Hall–Kier alpha value is -4.17. The van der Waals surface area contributed by atoms with E-state index in [0.29, 0.717) is 55.8 Å². The van der Waals surface area contributed by atoms with Crippen molar-refractivity contribution < 1.29 is 47.2 Å². The SMILES string of the molecule is CCC[C@H]1N(C(=O)c2ncccc2C(F)(F)F)CCC[C@@]1(Oc1csc(C)c1)C(=O)N1CCC(O)(c2ccccc2OC[C@H]2CC[C@@H](C(=O)O)C2)CC1. The Morgan fingerprint density at radius 2 is 1.81 bits per heavy atom. The van der Waals surface area contributed by atoms with Crippen molar-refractivity contribution in [2.24, 2.45) is 11.8 Å². The van der Waals surface area contributed by atoms with E-state index < -0.39 is 46.6 Å². The molecule has 0 bridgehead atoms. The summed E-state index contributed by atoms with van der Waals surface area (Å²) in [4.78, 5) is 48.3. The van der Waals surface area contributed by atoms with Crippen molar-refractivity contribution >= 4 is 29.1 Å². The number of para-hydroxylation sites is 1. The molecule has 1 aliphatic carbocycles. The molecule has 4 atom stereocenters. The highest BCUT2D eigenvalue weighted by molar-refractivity contribution is 7.10. The highest BCUT2D eigenvalue weighted by atomic mass is 32.1. The molecule has 1 aromatic carbocycles. The lowest BCUT2D eigenvalue weighted by Gasteiger charge is -2.51. The number of halogens is 3. The van der Waals surface area contributed by atoms with Gasteiger partial charge in [-0.1, -0.05) is 31.5 Å². The molecule has 2 aromatic heterocycles. The Morgan fingerprint density at radius 3 is 2.47 bits per heavy atom. The number of aliphatic hydroxyl groups is 1. The Labute approximate surface area is 310 Å². The van der Waals surface area contributed by atoms with Crippen LogP contribution in [0.4, 0.5) is 13.2 Å². The van der Waals surface area contributed by atoms with Gasteiger partial charge in [0, 0.05) is 48.1 Å². The number of aliphatic carboxylic acids is 1. The van der Waals surface area contributed by atoms with Gasteiger partial charge in [0.25, 0.3) is 11.8 Å². The van der Waals surface area contributed by atoms with E-state index in [1.165, 1.54) is 16.2 Å². The largest absolute Gasteiger partial charge is 0.493 e. The maximum absolute atomic E-state index is 15.0. The summed E-state index contributed by atoms with van der Waals surface area (Å²) in [6, 6.07) is 10.1. The molecule has 286 valence electrons. The van der Waals surface area contributed by atoms with Gasteiger partial charge in [-0.05, 0) is 82.1 Å². The molecule has 3 aromatic rings. The Morgan fingerprint density at radius 1 is 1.06 bits per heavy atom. The van der Waals surface area contributed by atoms with E-state index in [1.807, 2.05) is 32.0 Å². The molecule has 1 saturated carbocycles. The lowest BCUT2D eigenvalue weighted by atomic mass is 9.78. The first-order chi connectivity index (χ1) is 25.3. The summed E-state index contributed by atoms with van der Waals surface area (Å²) in [6.07, 6.45) is -0.00191. The summed E-state index contributed by atoms with van der Waals surface area (Å²) >= 11 is 1.44. The summed E-state index contributed by atoms with van der Waals surface area (Å²) in [5.41, 5.74) is -4.18. The molecule has 2 saturated heterocycles. The minimum atomic E-state index is -4.80. The van der Waals surface area contributed by atoms with Crippen LogP contribution in [0.2, 0.25) is 0 Å². The van der Waals surface area contributed by atoms with Gasteiger partial charge >= 0.3 is 12.1 Å². The number of carbonyl (C=O) groups excluding carboxylic acids is 2. The third kappa shape index (κ3) is 8.03. The van der Waals surface area contributed by atoms with Crippen molar-refractivity contribution in [2.75, 3.05) is 26.2 Å². The normalized spacial score (nSPS) is 24.5. The molecule has 0 radical (unpaired) electrons. The maximum Gasteiger partial charge on any atom is 0.418 e. The van der Waals surface area contributed by atoms with Crippen LogP contribution in [0.1, 0.15) is 91.2 Å². The Balaban J connectivity index is 1.26. The number of hydrogen-bond acceptors (Lipinski definition) is 8. The van der Waals surface area contributed by atoms with E-state index in [1.54, 1.807) is 22.4 Å². The zero-order valence-corrected chi connectivity index (χ0v) is 30.8. The van der Waals surface area contributed by atoms with E-state index in [-0.39, 0.29) is 56.6 Å². The predicted molar refractivity (Wildman–Crippen MR) is 191 cm³/mol.